The predicted octanol–water partition coefficient (Wildman–Crippen LogP) is 1.41. The SMILES string of the molecule is Cc1cc(C(C)(C)C)cc(C)c1CNc1ncnc2nc[nH]c12.O=P(O)(O)OC[C@H]1OC(O)[C@H](O)[C@@H]1O. The third-order valence-corrected chi connectivity index (χ3v) is 6.45. The highest BCUT2D eigenvalue weighted by atomic mass is 31.2. The first kappa shape index (κ1) is 29.1. The second kappa shape index (κ2) is 11.5. The topological polar surface area (TPSA) is 203 Å². The summed E-state index contributed by atoms with van der Waals surface area (Å²) in [6.07, 6.45) is -2.49. The first-order valence-corrected chi connectivity index (χ1v) is 13.1. The molecule has 3 heterocycles. The van der Waals surface area contributed by atoms with Crippen LogP contribution >= 0.6 is 7.82 Å². The van der Waals surface area contributed by atoms with Crippen LogP contribution in [0.15, 0.2) is 24.8 Å². The average molecular weight is 540 g/mol. The quantitative estimate of drug-likeness (QED) is 0.222. The molecule has 7 N–H and O–H groups in total. The van der Waals surface area contributed by atoms with Crippen LogP contribution in [0.5, 0.6) is 0 Å². The molecular weight excluding hydrogens is 505 g/mol. The highest BCUT2D eigenvalue weighted by molar-refractivity contribution is 7.46. The lowest BCUT2D eigenvalue weighted by molar-refractivity contribution is -0.132. The van der Waals surface area contributed by atoms with Gasteiger partial charge in [-0.15, -0.1) is 0 Å². The third kappa shape index (κ3) is 7.53. The van der Waals surface area contributed by atoms with Gasteiger partial charge in [-0.2, -0.15) is 0 Å². The first-order valence-electron chi connectivity index (χ1n) is 11.6. The molecule has 1 unspecified atom stereocenters. The summed E-state index contributed by atoms with van der Waals surface area (Å²) in [6, 6.07) is 4.57. The van der Waals surface area contributed by atoms with Gasteiger partial charge >= 0.3 is 7.82 Å². The fraction of sp³-hybridized carbons (Fsp3) is 0.522. The van der Waals surface area contributed by atoms with E-state index in [-0.39, 0.29) is 5.41 Å². The molecule has 0 spiro atoms. The van der Waals surface area contributed by atoms with Crippen molar-refractivity contribution in [2.24, 2.45) is 0 Å². The number of benzene rings is 1. The molecule has 2 aromatic heterocycles. The van der Waals surface area contributed by atoms with Gasteiger partial charge in [0.25, 0.3) is 0 Å². The maximum absolute atomic E-state index is 10.3. The van der Waals surface area contributed by atoms with Gasteiger partial charge in [-0.25, -0.2) is 19.5 Å². The monoisotopic (exact) mass is 539 g/mol. The van der Waals surface area contributed by atoms with E-state index < -0.39 is 39.0 Å². The number of imidazole rings is 1. The summed E-state index contributed by atoms with van der Waals surface area (Å²) >= 11 is 0. The molecular formula is C23H34N5O8P. The van der Waals surface area contributed by atoms with E-state index in [1.807, 2.05) is 0 Å². The molecule has 204 valence electrons. The summed E-state index contributed by atoms with van der Waals surface area (Å²) in [4.78, 5) is 32.3. The minimum Gasteiger partial charge on any atom is -0.387 e. The molecule has 0 amide bonds. The molecule has 1 fully saturated rings. The number of aliphatic hydroxyl groups excluding tert-OH is 3. The van der Waals surface area contributed by atoms with E-state index in [0.29, 0.717) is 5.65 Å². The lowest BCUT2D eigenvalue weighted by Gasteiger charge is -2.22. The van der Waals surface area contributed by atoms with Crippen molar-refractivity contribution in [3.63, 3.8) is 0 Å². The number of ether oxygens (including phenoxy) is 1. The van der Waals surface area contributed by atoms with Gasteiger partial charge in [-0.05, 0) is 41.5 Å². The number of hydrogen-bond donors (Lipinski definition) is 7. The average Bonchev–Trinajstić information content (AvgIpc) is 3.37. The maximum atomic E-state index is 10.3. The number of nitrogens with zero attached hydrogens (tertiary/aromatic N) is 3. The summed E-state index contributed by atoms with van der Waals surface area (Å²) in [5.74, 6) is 0.784. The Morgan fingerprint density at radius 3 is 2.27 bits per heavy atom. The second-order valence-corrected chi connectivity index (χ2v) is 11.1. The number of nitrogens with one attached hydrogen (secondary N) is 2. The van der Waals surface area contributed by atoms with E-state index in [1.54, 1.807) is 6.33 Å². The van der Waals surface area contributed by atoms with Crippen LogP contribution in [0.1, 0.15) is 43.0 Å². The van der Waals surface area contributed by atoms with Crippen LogP contribution in [-0.2, 0) is 25.8 Å². The van der Waals surface area contributed by atoms with E-state index >= 15 is 0 Å². The zero-order chi connectivity index (χ0) is 27.5. The number of phosphoric ester groups is 1. The van der Waals surface area contributed by atoms with E-state index in [4.69, 9.17) is 25.1 Å². The van der Waals surface area contributed by atoms with E-state index in [2.05, 4.69) is 81.3 Å². The first-order chi connectivity index (χ1) is 17.2. The Labute approximate surface area is 214 Å². The van der Waals surface area contributed by atoms with Gasteiger partial charge in [-0.1, -0.05) is 32.9 Å². The molecule has 1 aromatic carbocycles. The Kier molecular flexibility index (Phi) is 9.04. The zero-order valence-electron chi connectivity index (χ0n) is 21.3. The Morgan fingerprint density at radius 1 is 1.08 bits per heavy atom. The number of phosphoric acid groups is 1. The van der Waals surface area contributed by atoms with Crippen molar-refractivity contribution in [3.8, 4) is 0 Å². The fourth-order valence-electron chi connectivity index (χ4n) is 3.81. The normalized spacial score (nSPS) is 22.1. The van der Waals surface area contributed by atoms with Crippen LogP contribution in [0.3, 0.4) is 0 Å². The number of rotatable bonds is 6. The van der Waals surface area contributed by atoms with Crippen molar-refractivity contribution >= 4 is 24.8 Å². The minimum absolute atomic E-state index is 0.163. The molecule has 0 aliphatic carbocycles. The number of aryl methyl sites for hydroxylation is 2. The van der Waals surface area contributed by atoms with E-state index in [9.17, 15) is 4.57 Å². The molecule has 3 aromatic rings. The molecule has 4 atom stereocenters. The third-order valence-electron chi connectivity index (χ3n) is 5.96. The lowest BCUT2D eigenvalue weighted by atomic mass is 9.84. The van der Waals surface area contributed by atoms with Gasteiger partial charge < -0.3 is 40.1 Å². The fourth-order valence-corrected chi connectivity index (χ4v) is 4.15. The van der Waals surface area contributed by atoms with E-state index in [1.165, 1.54) is 28.6 Å². The van der Waals surface area contributed by atoms with Crippen molar-refractivity contribution in [1.29, 1.82) is 0 Å². The predicted molar refractivity (Wildman–Crippen MR) is 135 cm³/mol. The Hall–Kier alpha value is -2.48. The van der Waals surface area contributed by atoms with Crippen LogP contribution in [0.4, 0.5) is 5.82 Å². The lowest BCUT2D eigenvalue weighted by Crippen LogP contribution is -2.34. The zero-order valence-corrected chi connectivity index (χ0v) is 22.2. The molecule has 0 radical (unpaired) electrons. The Morgan fingerprint density at radius 2 is 1.73 bits per heavy atom. The molecule has 4 rings (SSSR count). The molecule has 13 nitrogen and oxygen atoms in total. The van der Waals surface area contributed by atoms with Crippen LogP contribution in [0.2, 0.25) is 0 Å². The van der Waals surface area contributed by atoms with Crippen molar-refractivity contribution in [2.45, 2.75) is 71.2 Å². The van der Waals surface area contributed by atoms with Crippen LogP contribution in [0.25, 0.3) is 11.2 Å². The molecule has 1 saturated heterocycles. The molecule has 0 saturated carbocycles. The molecule has 37 heavy (non-hydrogen) atoms. The summed E-state index contributed by atoms with van der Waals surface area (Å²) < 4.78 is 18.9. The summed E-state index contributed by atoms with van der Waals surface area (Å²) in [6.45, 7) is 11.2. The molecule has 1 aliphatic rings. The van der Waals surface area contributed by atoms with Crippen LogP contribution in [0, 0.1) is 13.8 Å². The number of aromatic amines is 1. The molecule has 1 aliphatic heterocycles. The van der Waals surface area contributed by atoms with Gasteiger partial charge in [0.15, 0.2) is 17.8 Å². The molecule has 0 bridgehead atoms. The summed E-state index contributed by atoms with van der Waals surface area (Å²) in [5.41, 5.74) is 6.97. The van der Waals surface area contributed by atoms with Gasteiger partial charge in [0.1, 0.15) is 30.2 Å². The summed E-state index contributed by atoms with van der Waals surface area (Å²) in [7, 11) is -4.64. The number of H-pyrrole nitrogens is 1. The van der Waals surface area contributed by atoms with Crippen molar-refractivity contribution in [3.05, 3.63) is 47.0 Å². The van der Waals surface area contributed by atoms with Crippen LogP contribution in [-0.4, -0.2) is 76.3 Å². The smallest absolute Gasteiger partial charge is 0.387 e. The number of hydrogen-bond acceptors (Lipinski definition) is 10. The minimum atomic E-state index is -4.64. The number of aromatic nitrogens is 4. The number of anilines is 1. The molecule has 14 heteroatoms. The van der Waals surface area contributed by atoms with Crippen molar-refractivity contribution < 1.29 is 38.9 Å². The highest BCUT2D eigenvalue weighted by Crippen LogP contribution is 2.37. The van der Waals surface area contributed by atoms with Crippen molar-refractivity contribution in [1.82, 2.24) is 19.9 Å². The maximum Gasteiger partial charge on any atom is 0.469 e. The Balaban J connectivity index is 0.000000233. The number of fused-ring (bicyclic) bond motifs is 1. The van der Waals surface area contributed by atoms with E-state index in [0.717, 1.165) is 17.9 Å². The number of aliphatic hydroxyl groups is 3. The standard InChI is InChI=1S/C18H23N5.C5H11O8P/c1-11-6-13(18(3,4)5)7-12(2)14(11)8-19-16-15-17(21-9-20-15)23-10-22-16;6-3-2(1-12-14(9,10)11)13-5(8)4(3)7/h6-7,9-10H,8H2,1-5H3,(H2,19,20,21,22,23);2-8H,1H2,(H2,9,10,11)/t;2-,3-,4-,5?/m.1/s1. The second-order valence-electron chi connectivity index (χ2n) is 9.85. The van der Waals surface area contributed by atoms with Gasteiger partial charge in [0.05, 0.1) is 12.9 Å². The van der Waals surface area contributed by atoms with Crippen molar-refractivity contribution in [2.75, 3.05) is 11.9 Å². The largest absolute Gasteiger partial charge is 0.469 e. The van der Waals surface area contributed by atoms with Gasteiger partial charge in [-0.3, -0.25) is 4.52 Å². The summed E-state index contributed by atoms with van der Waals surface area (Å²) in [5, 5.41) is 30.4. The Bertz CT molecular complexity index is 1230. The van der Waals surface area contributed by atoms with Gasteiger partial charge in [0.2, 0.25) is 0 Å². The highest BCUT2D eigenvalue weighted by Gasteiger charge is 2.42. The van der Waals surface area contributed by atoms with Gasteiger partial charge in [0, 0.05) is 6.54 Å². The van der Waals surface area contributed by atoms with Crippen LogP contribution < -0.4 is 5.32 Å².